The van der Waals surface area contributed by atoms with Gasteiger partial charge < -0.3 is 4.74 Å². The Morgan fingerprint density at radius 2 is 1.73 bits per heavy atom. The largest absolute Gasteiger partial charge is 0.494 e. The van der Waals surface area contributed by atoms with Gasteiger partial charge in [0.25, 0.3) is 10.0 Å². The first kappa shape index (κ1) is 16.0. The first-order chi connectivity index (χ1) is 10.5. The van der Waals surface area contributed by atoms with Crippen molar-refractivity contribution in [2.24, 2.45) is 5.10 Å². The highest BCUT2D eigenvalue weighted by Gasteiger charge is 2.11. The van der Waals surface area contributed by atoms with Crippen LogP contribution >= 0.6 is 0 Å². The molecule has 0 radical (unpaired) electrons. The molecule has 0 heterocycles. The Labute approximate surface area is 130 Å². The van der Waals surface area contributed by atoms with Crippen molar-refractivity contribution in [3.63, 3.8) is 0 Å². The molecule has 5 nitrogen and oxygen atoms in total. The molecule has 0 unspecified atom stereocenters. The van der Waals surface area contributed by atoms with Crippen LogP contribution in [0.2, 0.25) is 0 Å². The fraction of sp³-hybridized carbons (Fsp3) is 0.188. The van der Waals surface area contributed by atoms with Gasteiger partial charge in [0, 0.05) is 0 Å². The molecular weight excluding hydrogens is 300 g/mol. The fourth-order valence-electron chi connectivity index (χ4n) is 1.76. The van der Waals surface area contributed by atoms with Crippen molar-refractivity contribution in [1.82, 2.24) is 4.83 Å². The molecule has 0 amide bonds. The van der Waals surface area contributed by atoms with E-state index in [1.165, 1.54) is 6.21 Å². The average Bonchev–Trinajstić information content (AvgIpc) is 2.50. The third-order valence-electron chi connectivity index (χ3n) is 2.91. The van der Waals surface area contributed by atoms with Crippen molar-refractivity contribution >= 4 is 16.2 Å². The van der Waals surface area contributed by atoms with E-state index < -0.39 is 10.0 Å². The van der Waals surface area contributed by atoms with Crippen LogP contribution in [0.5, 0.6) is 5.75 Å². The summed E-state index contributed by atoms with van der Waals surface area (Å²) >= 11 is 0. The fourth-order valence-corrected chi connectivity index (χ4v) is 2.55. The number of hydrogen-bond acceptors (Lipinski definition) is 4. The zero-order chi connectivity index (χ0) is 16.0. The Kier molecular flexibility index (Phi) is 5.16. The molecule has 0 atom stereocenters. The van der Waals surface area contributed by atoms with Crippen molar-refractivity contribution in [3.8, 4) is 5.75 Å². The quantitative estimate of drug-likeness (QED) is 0.658. The van der Waals surface area contributed by atoms with E-state index in [9.17, 15) is 8.42 Å². The lowest BCUT2D eigenvalue weighted by molar-refractivity contribution is 0.340. The van der Waals surface area contributed by atoms with Gasteiger partial charge in [0.05, 0.1) is 17.7 Å². The maximum atomic E-state index is 12.0. The predicted octanol–water partition coefficient (Wildman–Crippen LogP) is 2.71. The summed E-state index contributed by atoms with van der Waals surface area (Å²) in [5.41, 5.74) is 1.77. The molecule has 0 aliphatic heterocycles. The summed E-state index contributed by atoms with van der Waals surface area (Å²) in [5.74, 6) is 0.764. The van der Waals surface area contributed by atoms with Gasteiger partial charge >= 0.3 is 0 Å². The van der Waals surface area contributed by atoms with Gasteiger partial charge in [-0.05, 0) is 55.8 Å². The molecule has 0 aliphatic rings. The molecule has 2 rings (SSSR count). The molecule has 0 saturated heterocycles. The molecule has 0 saturated carbocycles. The monoisotopic (exact) mass is 318 g/mol. The molecule has 0 fully saturated rings. The Hall–Kier alpha value is -2.34. The molecule has 2 aromatic rings. The number of hydrazone groups is 1. The molecule has 0 spiro atoms. The highest BCUT2D eigenvalue weighted by atomic mass is 32.2. The van der Waals surface area contributed by atoms with Gasteiger partial charge in [-0.25, -0.2) is 4.83 Å². The summed E-state index contributed by atoms with van der Waals surface area (Å²) in [5, 5.41) is 3.78. The maximum absolute atomic E-state index is 12.0. The van der Waals surface area contributed by atoms with Crippen molar-refractivity contribution in [3.05, 3.63) is 59.7 Å². The van der Waals surface area contributed by atoms with Gasteiger partial charge in [-0.1, -0.05) is 17.7 Å². The van der Waals surface area contributed by atoms with Crippen LogP contribution < -0.4 is 9.57 Å². The highest BCUT2D eigenvalue weighted by Crippen LogP contribution is 2.11. The molecule has 2 aromatic carbocycles. The summed E-state index contributed by atoms with van der Waals surface area (Å²) in [7, 11) is -3.64. The lowest BCUT2D eigenvalue weighted by atomic mass is 10.2. The van der Waals surface area contributed by atoms with Gasteiger partial charge in [0.15, 0.2) is 0 Å². The molecule has 0 bridgehead atoms. The van der Waals surface area contributed by atoms with Crippen LogP contribution in [0, 0.1) is 6.92 Å². The summed E-state index contributed by atoms with van der Waals surface area (Å²) in [6.07, 6.45) is 1.45. The highest BCUT2D eigenvalue weighted by molar-refractivity contribution is 7.89. The van der Waals surface area contributed by atoms with Gasteiger partial charge in [0.1, 0.15) is 5.75 Å². The van der Waals surface area contributed by atoms with Gasteiger partial charge in [-0.3, -0.25) is 0 Å². The van der Waals surface area contributed by atoms with E-state index in [1.54, 1.807) is 48.5 Å². The average molecular weight is 318 g/mol. The van der Waals surface area contributed by atoms with Crippen molar-refractivity contribution in [2.45, 2.75) is 18.7 Å². The second-order valence-electron chi connectivity index (χ2n) is 4.67. The summed E-state index contributed by atoms with van der Waals surface area (Å²) < 4.78 is 29.4. The normalized spacial score (nSPS) is 11.5. The minimum Gasteiger partial charge on any atom is -0.494 e. The van der Waals surface area contributed by atoms with Gasteiger partial charge in [0.2, 0.25) is 0 Å². The number of hydrogen-bond donors (Lipinski definition) is 1. The zero-order valence-electron chi connectivity index (χ0n) is 12.5. The van der Waals surface area contributed by atoms with Crippen molar-refractivity contribution in [2.75, 3.05) is 6.61 Å². The first-order valence-electron chi connectivity index (χ1n) is 6.85. The molecule has 0 aromatic heterocycles. The third kappa shape index (κ3) is 4.33. The number of nitrogens with one attached hydrogen (secondary N) is 1. The van der Waals surface area contributed by atoms with Crippen LogP contribution in [0.25, 0.3) is 0 Å². The second kappa shape index (κ2) is 7.09. The minimum absolute atomic E-state index is 0.182. The van der Waals surface area contributed by atoms with Crippen LogP contribution in [0.15, 0.2) is 58.5 Å². The summed E-state index contributed by atoms with van der Waals surface area (Å²) in [6.45, 7) is 4.41. The van der Waals surface area contributed by atoms with Crippen LogP contribution in [-0.4, -0.2) is 21.2 Å². The molecule has 22 heavy (non-hydrogen) atoms. The molecule has 116 valence electrons. The number of nitrogens with zero attached hydrogens (tertiary/aromatic N) is 1. The number of ether oxygens (including phenoxy) is 1. The van der Waals surface area contributed by atoms with Crippen LogP contribution in [0.1, 0.15) is 18.1 Å². The Morgan fingerprint density at radius 3 is 2.32 bits per heavy atom. The van der Waals surface area contributed by atoms with Crippen molar-refractivity contribution in [1.29, 1.82) is 0 Å². The lowest BCUT2D eigenvalue weighted by Gasteiger charge is -2.04. The summed E-state index contributed by atoms with van der Waals surface area (Å²) in [6, 6.07) is 13.8. The van der Waals surface area contributed by atoms with E-state index in [-0.39, 0.29) is 4.90 Å². The lowest BCUT2D eigenvalue weighted by Crippen LogP contribution is -2.18. The Bertz CT molecular complexity index is 736. The number of rotatable bonds is 6. The summed E-state index contributed by atoms with van der Waals surface area (Å²) in [4.78, 5) is 2.38. The standard InChI is InChI=1S/C16H18N2O3S/c1-3-21-15-8-6-14(7-9-15)12-17-18-22(19,20)16-10-4-13(2)5-11-16/h4-12,18H,3H2,1-2H3. The molecule has 6 heteroatoms. The van der Waals surface area contributed by atoms with Crippen molar-refractivity contribution < 1.29 is 13.2 Å². The van der Waals surface area contributed by atoms with E-state index in [2.05, 4.69) is 9.93 Å². The maximum Gasteiger partial charge on any atom is 0.276 e. The Balaban J connectivity index is 2.03. The predicted molar refractivity (Wildman–Crippen MR) is 86.7 cm³/mol. The molecular formula is C16H18N2O3S. The molecule has 1 N–H and O–H groups in total. The third-order valence-corrected chi connectivity index (χ3v) is 4.15. The smallest absolute Gasteiger partial charge is 0.276 e. The Morgan fingerprint density at radius 1 is 1.09 bits per heavy atom. The topological polar surface area (TPSA) is 67.8 Å². The van der Waals surface area contributed by atoms with E-state index >= 15 is 0 Å². The number of aryl methyl sites for hydroxylation is 1. The second-order valence-corrected chi connectivity index (χ2v) is 6.33. The SMILES string of the molecule is CCOc1ccc(C=NNS(=O)(=O)c2ccc(C)cc2)cc1. The van der Waals surface area contributed by atoms with Gasteiger partial charge in [-0.2, -0.15) is 13.5 Å². The van der Waals surface area contributed by atoms with E-state index in [4.69, 9.17) is 4.74 Å². The first-order valence-corrected chi connectivity index (χ1v) is 8.34. The van der Waals surface area contributed by atoms with E-state index in [0.717, 1.165) is 16.9 Å². The minimum atomic E-state index is -3.64. The zero-order valence-corrected chi connectivity index (χ0v) is 13.3. The van der Waals surface area contributed by atoms with Gasteiger partial charge in [-0.15, -0.1) is 0 Å². The number of sulfonamides is 1. The number of benzene rings is 2. The van der Waals surface area contributed by atoms with Crippen LogP contribution in [-0.2, 0) is 10.0 Å². The van der Waals surface area contributed by atoms with Crippen LogP contribution in [0.4, 0.5) is 0 Å². The molecule has 0 aliphatic carbocycles. The van der Waals surface area contributed by atoms with Crippen LogP contribution in [0.3, 0.4) is 0 Å². The van der Waals surface area contributed by atoms with E-state index in [0.29, 0.717) is 6.61 Å². The van der Waals surface area contributed by atoms with E-state index in [1.807, 2.05) is 13.8 Å².